The van der Waals surface area contributed by atoms with E-state index in [9.17, 15) is 9.59 Å². The highest BCUT2D eigenvalue weighted by atomic mass is 16.5. The summed E-state index contributed by atoms with van der Waals surface area (Å²) in [7, 11) is 1.45. The van der Waals surface area contributed by atoms with Crippen molar-refractivity contribution in [2.24, 2.45) is 11.8 Å². The summed E-state index contributed by atoms with van der Waals surface area (Å²) in [6, 6.07) is 8.47. The molecule has 1 saturated heterocycles. The number of ether oxygens (including phenoxy) is 1. The molecule has 1 saturated carbocycles. The van der Waals surface area contributed by atoms with Gasteiger partial charge in [-0.2, -0.15) is 0 Å². The predicted molar refractivity (Wildman–Crippen MR) is 102 cm³/mol. The van der Waals surface area contributed by atoms with Crippen LogP contribution in [0.3, 0.4) is 0 Å². The summed E-state index contributed by atoms with van der Waals surface area (Å²) >= 11 is 0. The number of amides is 1. The molecule has 1 spiro atoms. The lowest BCUT2D eigenvalue weighted by Crippen LogP contribution is -2.61. The number of nitrogens with one attached hydrogen (secondary N) is 1. The van der Waals surface area contributed by atoms with E-state index in [1.54, 1.807) is 0 Å². The number of hydrogen-bond donors (Lipinski definition) is 1. The average molecular weight is 366 g/mol. The zero-order valence-electron chi connectivity index (χ0n) is 15.8. The molecule has 5 rings (SSSR count). The third-order valence-corrected chi connectivity index (χ3v) is 7.29. The van der Waals surface area contributed by atoms with Crippen molar-refractivity contribution in [2.45, 2.75) is 50.5 Å². The molecule has 1 aromatic carbocycles. The molecular weight excluding hydrogens is 340 g/mol. The smallest absolute Gasteiger partial charge is 0.305 e. The second-order valence-electron chi connectivity index (χ2n) is 8.27. The molecule has 2 aliphatic heterocycles. The molecule has 1 aromatic heterocycles. The van der Waals surface area contributed by atoms with Crippen LogP contribution in [0.5, 0.6) is 0 Å². The molecule has 1 amide bonds. The van der Waals surface area contributed by atoms with E-state index in [1.165, 1.54) is 23.8 Å². The van der Waals surface area contributed by atoms with E-state index < -0.39 is 0 Å². The zero-order valence-corrected chi connectivity index (χ0v) is 15.8. The van der Waals surface area contributed by atoms with E-state index in [4.69, 9.17) is 4.74 Å². The summed E-state index contributed by atoms with van der Waals surface area (Å²) in [5.41, 5.74) is 3.52. The minimum atomic E-state index is -0.268. The van der Waals surface area contributed by atoms with Gasteiger partial charge in [-0.3, -0.25) is 9.59 Å². The average Bonchev–Trinajstić information content (AvgIpc) is 3.25. The van der Waals surface area contributed by atoms with Gasteiger partial charge in [0, 0.05) is 36.0 Å². The fourth-order valence-corrected chi connectivity index (χ4v) is 6.26. The summed E-state index contributed by atoms with van der Waals surface area (Å²) < 4.78 is 4.89. The summed E-state index contributed by atoms with van der Waals surface area (Å²) in [6.07, 6.45) is 5.92. The largest absolute Gasteiger partial charge is 0.469 e. The Balaban J connectivity index is 1.67. The number of benzene rings is 1. The molecule has 2 fully saturated rings. The Hall–Kier alpha value is -2.30. The number of para-hydroxylation sites is 1. The van der Waals surface area contributed by atoms with Crippen LogP contribution >= 0.6 is 0 Å². The Morgan fingerprint density at radius 2 is 2.11 bits per heavy atom. The number of rotatable bonds is 3. The molecular formula is C22H26N2O3. The molecule has 142 valence electrons. The van der Waals surface area contributed by atoms with Crippen molar-refractivity contribution < 1.29 is 14.3 Å². The number of hydrogen-bond acceptors (Lipinski definition) is 3. The van der Waals surface area contributed by atoms with Gasteiger partial charge in [0.25, 0.3) is 0 Å². The van der Waals surface area contributed by atoms with Gasteiger partial charge in [-0.05, 0) is 55.6 Å². The van der Waals surface area contributed by atoms with Crippen molar-refractivity contribution >= 4 is 22.8 Å². The second kappa shape index (κ2) is 6.11. The van der Waals surface area contributed by atoms with Crippen molar-refractivity contribution in [3.05, 3.63) is 35.5 Å². The topological polar surface area (TPSA) is 62.4 Å². The Labute approximate surface area is 159 Å². The first kappa shape index (κ1) is 16.8. The molecule has 0 bridgehead atoms. The quantitative estimate of drug-likeness (QED) is 0.846. The second-order valence-corrected chi connectivity index (χ2v) is 8.27. The first-order valence-corrected chi connectivity index (χ1v) is 10.1. The van der Waals surface area contributed by atoms with Gasteiger partial charge >= 0.3 is 5.97 Å². The van der Waals surface area contributed by atoms with E-state index in [2.05, 4.69) is 34.1 Å². The normalized spacial score (nSPS) is 29.4. The first-order valence-electron chi connectivity index (χ1n) is 10.1. The number of esters is 1. The molecule has 3 aliphatic rings. The highest BCUT2D eigenvalue weighted by Gasteiger charge is 2.60. The van der Waals surface area contributed by atoms with Gasteiger partial charge in [0.2, 0.25) is 5.91 Å². The number of methoxy groups -OCH3 is 1. The standard InChI is InChI=1S/C22H26N2O3/c1-27-20(26)11-9-15-7-6-14-8-10-19(25)24-13-12-17-16-4-2-3-5-18(16)23-21(17)22(14,15)24/h2-5,14-15,23H,6-13H2,1H3. The number of carbonyl (C=O) groups excluding carboxylic acids is 2. The maximum Gasteiger partial charge on any atom is 0.305 e. The Bertz CT molecular complexity index is 917. The van der Waals surface area contributed by atoms with Gasteiger partial charge in [0.05, 0.1) is 12.6 Å². The van der Waals surface area contributed by atoms with E-state index in [0.29, 0.717) is 24.7 Å². The van der Waals surface area contributed by atoms with Crippen LogP contribution in [-0.4, -0.2) is 35.4 Å². The van der Waals surface area contributed by atoms with Crippen LogP contribution in [0, 0.1) is 11.8 Å². The number of carbonyl (C=O) groups is 2. The van der Waals surface area contributed by atoms with Crippen molar-refractivity contribution in [1.29, 1.82) is 0 Å². The summed E-state index contributed by atoms with van der Waals surface area (Å²) in [5.74, 6) is 0.902. The highest BCUT2D eigenvalue weighted by molar-refractivity contribution is 5.87. The third kappa shape index (κ3) is 2.23. The van der Waals surface area contributed by atoms with Crippen molar-refractivity contribution in [3.8, 4) is 0 Å². The number of nitrogens with zero attached hydrogens (tertiary/aromatic N) is 1. The van der Waals surface area contributed by atoms with Crippen LogP contribution < -0.4 is 0 Å². The molecule has 3 heterocycles. The molecule has 0 radical (unpaired) electrons. The molecule has 3 unspecified atom stereocenters. The fourth-order valence-electron chi connectivity index (χ4n) is 6.26. The lowest BCUT2D eigenvalue weighted by molar-refractivity contribution is -0.151. The van der Waals surface area contributed by atoms with Crippen LogP contribution in [0.15, 0.2) is 24.3 Å². The SMILES string of the molecule is COC(=O)CCC1CCC2CCC(=O)N3CCc4c([nH]c5ccccc45)C123. The first-order chi connectivity index (χ1) is 13.2. The van der Waals surface area contributed by atoms with Gasteiger partial charge in [-0.1, -0.05) is 18.2 Å². The van der Waals surface area contributed by atoms with Gasteiger partial charge in [-0.15, -0.1) is 0 Å². The van der Waals surface area contributed by atoms with E-state index in [1.807, 2.05) is 0 Å². The number of H-pyrrole nitrogens is 1. The molecule has 1 N–H and O–H groups in total. The molecule has 27 heavy (non-hydrogen) atoms. The van der Waals surface area contributed by atoms with Crippen molar-refractivity contribution in [2.75, 3.05) is 13.7 Å². The van der Waals surface area contributed by atoms with Gasteiger partial charge in [0.1, 0.15) is 0 Å². The minimum Gasteiger partial charge on any atom is -0.469 e. The number of piperidine rings is 1. The Morgan fingerprint density at radius 1 is 1.26 bits per heavy atom. The summed E-state index contributed by atoms with van der Waals surface area (Å²) in [4.78, 5) is 30.7. The Kier molecular flexibility index (Phi) is 3.81. The summed E-state index contributed by atoms with van der Waals surface area (Å²) in [6.45, 7) is 0.791. The van der Waals surface area contributed by atoms with E-state index >= 15 is 0 Å². The highest BCUT2D eigenvalue weighted by Crippen LogP contribution is 2.59. The number of fused-ring (bicyclic) bond motifs is 3. The molecule has 5 nitrogen and oxygen atoms in total. The van der Waals surface area contributed by atoms with Crippen LogP contribution in [0.2, 0.25) is 0 Å². The lowest BCUT2D eigenvalue weighted by Gasteiger charge is -2.54. The zero-order chi connectivity index (χ0) is 18.6. The van der Waals surface area contributed by atoms with Crippen molar-refractivity contribution in [3.63, 3.8) is 0 Å². The van der Waals surface area contributed by atoms with Gasteiger partial charge < -0.3 is 14.6 Å². The van der Waals surface area contributed by atoms with Crippen LogP contribution in [0.4, 0.5) is 0 Å². The minimum absolute atomic E-state index is 0.156. The van der Waals surface area contributed by atoms with Crippen molar-refractivity contribution in [1.82, 2.24) is 9.88 Å². The summed E-state index contributed by atoms with van der Waals surface area (Å²) in [5, 5.41) is 1.29. The number of aromatic amines is 1. The predicted octanol–water partition coefficient (Wildman–Crippen LogP) is 3.52. The number of aromatic nitrogens is 1. The Morgan fingerprint density at radius 3 is 2.96 bits per heavy atom. The van der Waals surface area contributed by atoms with Crippen LogP contribution in [0.1, 0.15) is 49.8 Å². The molecule has 3 atom stereocenters. The lowest BCUT2D eigenvalue weighted by atomic mass is 9.67. The molecule has 5 heteroatoms. The van der Waals surface area contributed by atoms with Crippen LogP contribution in [-0.2, 0) is 26.3 Å². The van der Waals surface area contributed by atoms with Crippen LogP contribution in [0.25, 0.3) is 10.9 Å². The third-order valence-electron chi connectivity index (χ3n) is 7.29. The molecule has 2 aromatic rings. The monoisotopic (exact) mass is 366 g/mol. The molecule has 1 aliphatic carbocycles. The maximum absolute atomic E-state index is 13.0. The maximum atomic E-state index is 13.0. The van der Waals surface area contributed by atoms with Gasteiger partial charge in [-0.25, -0.2) is 0 Å². The van der Waals surface area contributed by atoms with E-state index in [0.717, 1.165) is 44.2 Å². The fraction of sp³-hybridized carbons (Fsp3) is 0.545. The van der Waals surface area contributed by atoms with E-state index in [-0.39, 0.29) is 17.4 Å². The van der Waals surface area contributed by atoms with Gasteiger partial charge in [0.15, 0.2) is 0 Å².